The zero-order valence-electron chi connectivity index (χ0n) is 22.4. The second-order valence-electron chi connectivity index (χ2n) is 9.71. The van der Waals surface area contributed by atoms with Crippen molar-refractivity contribution in [3.05, 3.63) is 136 Å². The van der Waals surface area contributed by atoms with Gasteiger partial charge in [-0.05, 0) is 53.0 Å². The van der Waals surface area contributed by atoms with Crippen LogP contribution in [0, 0.1) is 0 Å². The average Bonchev–Trinajstić information content (AvgIpc) is 3.68. The van der Waals surface area contributed by atoms with E-state index in [4.69, 9.17) is 19.5 Å². The van der Waals surface area contributed by atoms with Gasteiger partial charge in [-0.2, -0.15) is 0 Å². The van der Waals surface area contributed by atoms with Gasteiger partial charge >= 0.3 is 7.12 Å². The largest absolute Gasteiger partial charge is 0.488 e. The van der Waals surface area contributed by atoms with Gasteiger partial charge in [-0.3, -0.25) is 0 Å². The molecule has 2 aliphatic rings. The Morgan fingerprint density at radius 2 is 1.02 bits per heavy atom. The van der Waals surface area contributed by atoms with Crippen LogP contribution >= 0.6 is 15.9 Å². The number of alkyl halides is 2. The first-order valence-electron chi connectivity index (χ1n) is 13.4. The first-order valence-corrected chi connectivity index (χ1v) is 14.2. The van der Waals surface area contributed by atoms with Gasteiger partial charge in [-0.25, -0.2) is 18.8 Å². The van der Waals surface area contributed by atoms with Gasteiger partial charge in [0, 0.05) is 15.6 Å². The lowest BCUT2D eigenvalue weighted by atomic mass is 9.80. The van der Waals surface area contributed by atoms with Crippen molar-refractivity contribution in [2.45, 2.75) is 24.3 Å². The van der Waals surface area contributed by atoms with E-state index in [2.05, 4.69) is 25.9 Å². The van der Waals surface area contributed by atoms with Crippen LogP contribution in [0.25, 0.3) is 0 Å². The molecule has 0 amide bonds. The molecule has 0 bridgehead atoms. The molecule has 6 rings (SSSR count). The third-order valence-electron chi connectivity index (χ3n) is 6.86. The van der Waals surface area contributed by atoms with Crippen LogP contribution in [-0.2, 0) is 9.47 Å². The maximum absolute atomic E-state index is 13.3. The summed E-state index contributed by atoms with van der Waals surface area (Å²) in [6.07, 6.45) is -0.867. The van der Waals surface area contributed by atoms with Crippen molar-refractivity contribution >= 4 is 40.3 Å². The first kappa shape index (κ1) is 29.6. The predicted octanol–water partition coefficient (Wildman–Crippen LogP) is 5.53. The standard InChI is InChI=1S/C16H15BFNO3.C16H13BrFNO/c18-10-14-15(11-6-8-13(9-7-11)17(20)21)22-16(19-14)12-4-2-1-3-5-12;17-13-8-6-11(7-9-13)15-14(10-18)19-16(20-15)12-4-2-1-3-5-12/h1-9,14-15,20-21H,10H2;1-9,14-15H,10H2/t2*14-,15-/m11/s1. The Morgan fingerprint density at radius 3 is 1.40 bits per heavy atom. The molecule has 2 N–H and O–H groups in total. The zero-order valence-corrected chi connectivity index (χ0v) is 24.0. The Kier molecular flexibility index (Phi) is 9.79. The molecule has 0 saturated heterocycles. The topological polar surface area (TPSA) is 83.6 Å². The minimum absolute atomic E-state index is 0.358. The van der Waals surface area contributed by atoms with Gasteiger partial charge in [-0.15, -0.1) is 0 Å². The number of benzene rings is 4. The minimum Gasteiger partial charge on any atom is -0.467 e. The van der Waals surface area contributed by atoms with Crippen molar-refractivity contribution in [2.75, 3.05) is 13.3 Å². The molecule has 0 saturated carbocycles. The molecular formula is C32H28BBrF2N2O4. The van der Waals surface area contributed by atoms with E-state index in [1.807, 2.05) is 84.9 Å². The predicted molar refractivity (Wildman–Crippen MR) is 164 cm³/mol. The fraction of sp³-hybridized carbons (Fsp3) is 0.188. The van der Waals surface area contributed by atoms with Crippen molar-refractivity contribution in [3.63, 3.8) is 0 Å². The van der Waals surface area contributed by atoms with Gasteiger partial charge < -0.3 is 19.5 Å². The highest BCUT2D eigenvalue weighted by atomic mass is 79.9. The fourth-order valence-electron chi connectivity index (χ4n) is 4.66. The Balaban J connectivity index is 0.000000169. The van der Waals surface area contributed by atoms with Gasteiger partial charge in [0.15, 0.2) is 12.2 Å². The normalized spacial score (nSPS) is 20.9. The zero-order chi connectivity index (χ0) is 29.5. The highest BCUT2D eigenvalue weighted by molar-refractivity contribution is 9.10. The van der Waals surface area contributed by atoms with Gasteiger partial charge in [0.25, 0.3) is 0 Å². The summed E-state index contributed by atoms with van der Waals surface area (Å²) in [5.74, 6) is 0.945. The average molecular weight is 633 g/mol. The molecule has 0 spiro atoms. The number of aliphatic imine (C=N–C) groups is 2. The van der Waals surface area contributed by atoms with E-state index < -0.39 is 38.7 Å². The molecule has 42 heavy (non-hydrogen) atoms. The van der Waals surface area contributed by atoms with Crippen LogP contribution in [0.1, 0.15) is 34.5 Å². The summed E-state index contributed by atoms with van der Waals surface area (Å²) in [5.41, 5.74) is 3.76. The van der Waals surface area contributed by atoms with Crippen LogP contribution in [0.3, 0.4) is 0 Å². The third kappa shape index (κ3) is 6.95. The van der Waals surface area contributed by atoms with Gasteiger partial charge in [0.2, 0.25) is 11.8 Å². The second-order valence-corrected chi connectivity index (χ2v) is 10.6. The second kappa shape index (κ2) is 13.9. The molecule has 4 aromatic rings. The maximum atomic E-state index is 13.3. The Bertz CT molecular complexity index is 1510. The molecule has 2 heterocycles. The van der Waals surface area contributed by atoms with Crippen LogP contribution in [0.4, 0.5) is 8.78 Å². The maximum Gasteiger partial charge on any atom is 0.488 e. The number of ether oxygens (including phenoxy) is 2. The van der Waals surface area contributed by atoms with Gasteiger partial charge in [-0.1, -0.05) is 88.7 Å². The number of halogens is 3. The quantitative estimate of drug-likeness (QED) is 0.263. The third-order valence-corrected chi connectivity index (χ3v) is 7.39. The SMILES string of the molecule is FC[C@H]1N=C(c2ccccc2)O[C@@H]1c1ccc(Br)cc1.OB(O)c1ccc([C@H]2OC(c3ccccc3)=N[C@@H]2CF)cc1. The summed E-state index contributed by atoms with van der Waals surface area (Å²) < 4.78 is 39.1. The van der Waals surface area contributed by atoms with E-state index in [1.54, 1.807) is 24.3 Å². The molecule has 0 aliphatic carbocycles. The number of hydrogen-bond donors (Lipinski definition) is 2. The van der Waals surface area contributed by atoms with Crippen molar-refractivity contribution in [2.24, 2.45) is 9.98 Å². The van der Waals surface area contributed by atoms with Gasteiger partial charge in [0.05, 0.1) is 0 Å². The molecule has 4 aromatic carbocycles. The summed E-state index contributed by atoms with van der Waals surface area (Å²) in [7, 11) is -1.52. The van der Waals surface area contributed by atoms with Crippen LogP contribution in [0.15, 0.2) is 124 Å². The smallest absolute Gasteiger partial charge is 0.467 e. The number of nitrogens with zero attached hydrogens (tertiary/aromatic N) is 2. The van der Waals surface area contributed by atoms with E-state index in [0.29, 0.717) is 17.3 Å². The molecular weight excluding hydrogens is 605 g/mol. The van der Waals surface area contributed by atoms with Crippen LogP contribution in [0.2, 0.25) is 0 Å². The first-order chi connectivity index (χ1) is 20.5. The molecule has 6 nitrogen and oxygen atoms in total. The van der Waals surface area contributed by atoms with Crippen molar-refractivity contribution < 1.29 is 28.3 Å². The number of rotatable bonds is 7. The van der Waals surface area contributed by atoms with E-state index >= 15 is 0 Å². The summed E-state index contributed by atoms with van der Waals surface area (Å²) in [4.78, 5) is 8.68. The lowest BCUT2D eigenvalue weighted by Gasteiger charge is -2.16. The Hall–Kier alpha value is -3.86. The van der Waals surface area contributed by atoms with E-state index in [1.165, 1.54) is 0 Å². The van der Waals surface area contributed by atoms with Gasteiger partial charge in [0.1, 0.15) is 25.4 Å². The van der Waals surface area contributed by atoms with Crippen LogP contribution < -0.4 is 5.46 Å². The fourth-order valence-corrected chi connectivity index (χ4v) is 4.93. The molecule has 0 radical (unpaired) electrons. The van der Waals surface area contributed by atoms with E-state index in [9.17, 15) is 8.78 Å². The van der Waals surface area contributed by atoms with Crippen molar-refractivity contribution in [1.82, 2.24) is 0 Å². The molecule has 0 aromatic heterocycles. The highest BCUT2D eigenvalue weighted by Gasteiger charge is 2.34. The highest BCUT2D eigenvalue weighted by Crippen LogP contribution is 2.33. The Labute approximate surface area is 251 Å². The lowest BCUT2D eigenvalue weighted by Crippen LogP contribution is -2.29. The monoisotopic (exact) mass is 632 g/mol. The summed E-state index contributed by atoms with van der Waals surface area (Å²) >= 11 is 3.39. The summed E-state index contributed by atoms with van der Waals surface area (Å²) in [6.45, 7) is -1.15. The van der Waals surface area contributed by atoms with Crippen LogP contribution in [0.5, 0.6) is 0 Å². The Morgan fingerprint density at radius 1 is 0.619 bits per heavy atom. The molecule has 0 fully saturated rings. The summed E-state index contributed by atoms with van der Waals surface area (Å²) in [6, 6.07) is 32.1. The molecule has 10 heteroatoms. The summed E-state index contributed by atoms with van der Waals surface area (Å²) in [5, 5.41) is 18.2. The van der Waals surface area contributed by atoms with E-state index in [0.717, 1.165) is 26.7 Å². The van der Waals surface area contributed by atoms with E-state index in [-0.39, 0.29) is 6.10 Å². The van der Waals surface area contributed by atoms with Crippen molar-refractivity contribution in [3.8, 4) is 0 Å². The lowest BCUT2D eigenvalue weighted by molar-refractivity contribution is 0.180. The molecule has 2 aliphatic heterocycles. The molecule has 4 atom stereocenters. The molecule has 0 unspecified atom stereocenters. The van der Waals surface area contributed by atoms with Crippen molar-refractivity contribution in [1.29, 1.82) is 0 Å². The molecule has 214 valence electrons. The minimum atomic E-state index is -1.52. The van der Waals surface area contributed by atoms with Crippen LogP contribution in [-0.4, -0.2) is 54.4 Å². The number of hydrogen-bond acceptors (Lipinski definition) is 6.